The zero-order chi connectivity index (χ0) is 13.3. The van der Waals surface area contributed by atoms with Crippen molar-refractivity contribution in [3.8, 4) is 11.5 Å². The molecule has 18 heavy (non-hydrogen) atoms. The van der Waals surface area contributed by atoms with Crippen molar-refractivity contribution in [3.63, 3.8) is 0 Å². The van der Waals surface area contributed by atoms with Crippen LogP contribution in [0.25, 0.3) is 0 Å². The third-order valence-corrected chi connectivity index (χ3v) is 2.78. The molecule has 0 fully saturated rings. The Balaban J connectivity index is 2.47. The van der Waals surface area contributed by atoms with Gasteiger partial charge in [0.1, 0.15) is 18.1 Å². The summed E-state index contributed by atoms with van der Waals surface area (Å²) in [5, 5.41) is 3.11. The minimum atomic E-state index is -2.83. The lowest BCUT2D eigenvalue weighted by molar-refractivity contribution is -0.0508. The van der Waals surface area contributed by atoms with Crippen molar-refractivity contribution >= 4 is 5.69 Å². The van der Waals surface area contributed by atoms with E-state index in [9.17, 15) is 8.78 Å². The number of benzene rings is 1. The van der Waals surface area contributed by atoms with Crippen molar-refractivity contribution in [3.05, 3.63) is 17.7 Å². The van der Waals surface area contributed by atoms with E-state index in [4.69, 9.17) is 4.74 Å². The summed E-state index contributed by atoms with van der Waals surface area (Å²) in [5.74, 6) is 0.891. The summed E-state index contributed by atoms with van der Waals surface area (Å²) in [7, 11) is 0. The molecule has 0 unspecified atom stereocenters. The number of ether oxygens (including phenoxy) is 2. The van der Waals surface area contributed by atoms with Crippen LogP contribution in [0.15, 0.2) is 12.1 Å². The molecule has 2 rings (SSSR count). The Morgan fingerprint density at radius 3 is 2.67 bits per heavy atom. The normalized spacial score (nSPS) is 14.8. The fourth-order valence-electron chi connectivity index (χ4n) is 1.94. The van der Waals surface area contributed by atoms with Gasteiger partial charge in [-0.2, -0.15) is 8.78 Å². The lowest BCUT2D eigenvalue weighted by atomic mass is 9.86. The van der Waals surface area contributed by atoms with Gasteiger partial charge in [-0.1, -0.05) is 20.8 Å². The highest BCUT2D eigenvalue weighted by atomic mass is 19.3. The molecule has 1 N–H and O–H groups in total. The molecule has 0 bridgehead atoms. The van der Waals surface area contributed by atoms with Crippen LogP contribution >= 0.6 is 0 Å². The van der Waals surface area contributed by atoms with Crippen LogP contribution in [0.2, 0.25) is 0 Å². The van der Waals surface area contributed by atoms with Crippen molar-refractivity contribution in [1.29, 1.82) is 0 Å². The van der Waals surface area contributed by atoms with Gasteiger partial charge in [-0.25, -0.2) is 0 Å². The Hall–Kier alpha value is -1.52. The Kier molecular flexibility index (Phi) is 3.32. The van der Waals surface area contributed by atoms with Gasteiger partial charge in [0.15, 0.2) is 0 Å². The molecule has 0 saturated carbocycles. The highest BCUT2D eigenvalue weighted by Gasteiger charge is 2.24. The highest BCUT2D eigenvalue weighted by Crippen LogP contribution is 2.40. The number of halogens is 2. The average Bonchev–Trinajstić information content (AvgIpc) is 2.26. The fourth-order valence-corrected chi connectivity index (χ4v) is 1.94. The molecule has 0 radical (unpaired) electrons. The zero-order valence-corrected chi connectivity index (χ0v) is 10.7. The smallest absolute Gasteiger partial charge is 0.387 e. The van der Waals surface area contributed by atoms with Gasteiger partial charge >= 0.3 is 6.61 Å². The molecule has 0 spiro atoms. The number of nitrogens with one attached hydrogen (secondary N) is 1. The predicted molar refractivity (Wildman–Crippen MR) is 65.8 cm³/mol. The minimum Gasteiger partial charge on any atom is -0.490 e. The van der Waals surface area contributed by atoms with Gasteiger partial charge in [0.05, 0.1) is 5.69 Å². The van der Waals surface area contributed by atoms with Crippen molar-refractivity contribution in [1.82, 2.24) is 0 Å². The largest absolute Gasteiger partial charge is 0.490 e. The van der Waals surface area contributed by atoms with E-state index in [1.54, 1.807) is 12.1 Å². The first kappa shape index (κ1) is 12.9. The van der Waals surface area contributed by atoms with Crippen LogP contribution < -0.4 is 14.8 Å². The second-order valence-corrected chi connectivity index (χ2v) is 5.25. The number of anilines is 1. The van der Waals surface area contributed by atoms with E-state index in [-0.39, 0.29) is 11.2 Å². The minimum absolute atomic E-state index is 0.203. The lowest BCUT2D eigenvalue weighted by Crippen LogP contribution is -2.21. The van der Waals surface area contributed by atoms with Crippen molar-refractivity contribution < 1.29 is 18.3 Å². The number of fused-ring (bicyclic) bond motifs is 1. The summed E-state index contributed by atoms with van der Waals surface area (Å²) >= 11 is 0. The van der Waals surface area contributed by atoms with Crippen LogP contribution in [0.5, 0.6) is 11.5 Å². The molecule has 0 saturated heterocycles. The van der Waals surface area contributed by atoms with Crippen molar-refractivity contribution in [2.45, 2.75) is 32.8 Å². The molecule has 1 aromatic rings. The van der Waals surface area contributed by atoms with Gasteiger partial charge in [-0.05, 0) is 11.5 Å². The topological polar surface area (TPSA) is 30.5 Å². The molecule has 100 valence electrons. The fraction of sp³-hybridized carbons (Fsp3) is 0.538. The number of alkyl halides is 2. The molecular formula is C13H17F2NO2. The Bertz CT molecular complexity index is 441. The third kappa shape index (κ3) is 2.66. The van der Waals surface area contributed by atoms with Crippen LogP contribution in [0, 0.1) is 0 Å². The van der Waals surface area contributed by atoms with E-state index in [1.807, 2.05) is 20.8 Å². The molecule has 0 atom stereocenters. The molecule has 1 aromatic carbocycles. The molecule has 0 amide bonds. The van der Waals surface area contributed by atoms with E-state index in [1.165, 1.54) is 0 Å². The lowest BCUT2D eigenvalue weighted by Gasteiger charge is -2.27. The Morgan fingerprint density at radius 2 is 2.06 bits per heavy atom. The molecule has 5 heteroatoms. The molecule has 3 nitrogen and oxygen atoms in total. The van der Waals surface area contributed by atoms with Crippen molar-refractivity contribution in [2.75, 3.05) is 18.5 Å². The molecule has 1 heterocycles. The van der Waals surface area contributed by atoms with Crippen LogP contribution in [-0.2, 0) is 5.41 Å². The van der Waals surface area contributed by atoms with E-state index in [2.05, 4.69) is 10.1 Å². The summed E-state index contributed by atoms with van der Waals surface area (Å²) in [6.45, 7) is 4.26. The van der Waals surface area contributed by atoms with Gasteiger partial charge < -0.3 is 14.8 Å². The van der Waals surface area contributed by atoms with E-state index < -0.39 is 6.61 Å². The molecule has 1 aliphatic rings. The zero-order valence-electron chi connectivity index (χ0n) is 10.7. The predicted octanol–water partition coefficient (Wildman–Crippen LogP) is 3.39. The summed E-state index contributed by atoms with van der Waals surface area (Å²) in [6, 6.07) is 3.36. The first-order chi connectivity index (χ1) is 8.38. The monoisotopic (exact) mass is 257 g/mol. The molecule has 0 aromatic heterocycles. The van der Waals surface area contributed by atoms with Crippen LogP contribution in [0.4, 0.5) is 14.5 Å². The van der Waals surface area contributed by atoms with Crippen LogP contribution in [-0.4, -0.2) is 19.8 Å². The van der Waals surface area contributed by atoms with Gasteiger partial charge in [-0.3, -0.25) is 0 Å². The third-order valence-electron chi connectivity index (χ3n) is 2.78. The molecule has 0 aliphatic carbocycles. The summed E-state index contributed by atoms with van der Waals surface area (Å²) in [6.07, 6.45) is 0. The maximum Gasteiger partial charge on any atom is 0.387 e. The van der Waals surface area contributed by atoms with Gasteiger partial charge in [0, 0.05) is 18.2 Å². The summed E-state index contributed by atoms with van der Waals surface area (Å²) < 4.78 is 35.0. The second-order valence-electron chi connectivity index (χ2n) is 5.25. The van der Waals surface area contributed by atoms with Crippen LogP contribution in [0.3, 0.4) is 0 Å². The maximum absolute atomic E-state index is 12.4. The number of hydrogen-bond acceptors (Lipinski definition) is 3. The first-order valence-electron chi connectivity index (χ1n) is 5.88. The van der Waals surface area contributed by atoms with Gasteiger partial charge in [0.25, 0.3) is 0 Å². The van der Waals surface area contributed by atoms with Crippen LogP contribution in [0.1, 0.15) is 26.3 Å². The number of hydrogen-bond donors (Lipinski definition) is 1. The van der Waals surface area contributed by atoms with E-state index >= 15 is 0 Å². The Morgan fingerprint density at radius 1 is 1.33 bits per heavy atom. The van der Waals surface area contributed by atoms with E-state index in [0.717, 1.165) is 0 Å². The summed E-state index contributed by atoms with van der Waals surface area (Å²) in [4.78, 5) is 0. The van der Waals surface area contributed by atoms with Crippen molar-refractivity contribution in [2.24, 2.45) is 0 Å². The average molecular weight is 257 g/mol. The first-order valence-corrected chi connectivity index (χ1v) is 5.88. The summed E-state index contributed by atoms with van der Waals surface area (Å²) in [5.41, 5.74) is 1.12. The second kappa shape index (κ2) is 4.63. The highest BCUT2D eigenvalue weighted by molar-refractivity contribution is 5.64. The number of rotatable bonds is 2. The quantitative estimate of drug-likeness (QED) is 0.881. The Labute approximate surface area is 105 Å². The molecule has 1 aliphatic heterocycles. The van der Waals surface area contributed by atoms with E-state index in [0.29, 0.717) is 30.2 Å². The SMILES string of the molecule is CC(C)(C)c1cc2c(cc1OC(F)F)NCCO2. The maximum atomic E-state index is 12.4. The molecular weight excluding hydrogens is 240 g/mol. The standard InChI is InChI=1S/C13H17F2NO2/c1-13(2,3)8-6-11-9(16-4-5-17-11)7-10(8)18-12(14)15/h6-7,12,16H,4-5H2,1-3H3. The van der Waals surface area contributed by atoms with Gasteiger partial charge in [-0.15, -0.1) is 0 Å². The van der Waals surface area contributed by atoms with Gasteiger partial charge in [0.2, 0.25) is 0 Å².